The van der Waals surface area contributed by atoms with E-state index in [4.69, 9.17) is 0 Å². The highest BCUT2D eigenvalue weighted by Crippen LogP contribution is 2.59. The first kappa shape index (κ1) is 31.3. The summed E-state index contributed by atoms with van der Waals surface area (Å²) in [6.07, 6.45) is 0. The van der Waals surface area contributed by atoms with E-state index in [2.05, 4.69) is 170 Å². The van der Waals surface area contributed by atoms with Crippen molar-refractivity contribution in [2.24, 2.45) is 0 Å². The molecule has 0 unspecified atom stereocenters. The van der Waals surface area contributed by atoms with E-state index in [1.807, 2.05) is 0 Å². The Morgan fingerprint density at radius 3 is 0.963 bits per heavy atom. The first-order chi connectivity index (χ1) is 26.1. The van der Waals surface area contributed by atoms with Gasteiger partial charge in [0, 0.05) is 8.95 Å². The van der Waals surface area contributed by atoms with Crippen molar-refractivity contribution in [1.29, 1.82) is 0 Å². The van der Waals surface area contributed by atoms with Gasteiger partial charge in [0.25, 0.3) is 0 Å². The van der Waals surface area contributed by atoms with Crippen molar-refractivity contribution in [1.82, 2.24) is 0 Å². The monoisotopic (exact) mass is 816 g/mol. The normalized spacial score (nSPS) is 12.8. The fraction of sp³-hybridized carbons (Fsp3) is 0.115. The van der Waals surface area contributed by atoms with Crippen LogP contribution >= 0.6 is 31.9 Å². The summed E-state index contributed by atoms with van der Waals surface area (Å²) in [5.74, 6) is 0. The van der Waals surface area contributed by atoms with Gasteiger partial charge in [0.15, 0.2) is 0 Å². The van der Waals surface area contributed by atoms with Gasteiger partial charge in [-0.15, -0.1) is 0 Å². The largest absolute Gasteiger partial charge is 0.0610 e. The summed E-state index contributed by atoms with van der Waals surface area (Å²) in [4.78, 5) is 0. The Morgan fingerprint density at radius 2 is 0.574 bits per heavy atom. The van der Waals surface area contributed by atoms with Crippen molar-refractivity contribution in [3.05, 3.63) is 139 Å². The Bertz CT molecular complexity index is 3340. The van der Waals surface area contributed by atoms with E-state index in [9.17, 15) is 0 Å². The van der Waals surface area contributed by atoms with Gasteiger partial charge < -0.3 is 0 Å². The van der Waals surface area contributed by atoms with Crippen LogP contribution < -0.4 is 0 Å². The summed E-state index contributed by atoms with van der Waals surface area (Å²) in [6.45, 7) is 13.6. The lowest BCUT2D eigenvalue weighted by atomic mass is 9.74. The van der Waals surface area contributed by atoms with Gasteiger partial charge in [-0.3, -0.25) is 0 Å². The van der Waals surface area contributed by atoms with Crippen LogP contribution in [0.4, 0.5) is 0 Å². The van der Waals surface area contributed by atoms with E-state index >= 15 is 0 Å². The quantitative estimate of drug-likeness (QED) is 0.120. The standard InChI is InChI=1S/C52H34Br2/c1-23-17-25(3)41(26(4)18-23)45-33-11-7-9-29-30-10-8-12-34-44(30)52-50-36(46(34)42-27(5)19-24(2)20-28(42)6)16-14-32-38-22-40(54)39(53)21-37(38)31-13-15-35(45)49(47(31)48(32)50)51(52)43(29)33/h7-22H,1-6H3. The zero-order valence-electron chi connectivity index (χ0n) is 31.0. The van der Waals surface area contributed by atoms with Crippen LogP contribution in [-0.2, 0) is 0 Å². The summed E-state index contributed by atoms with van der Waals surface area (Å²) < 4.78 is 2.15. The van der Waals surface area contributed by atoms with Crippen LogP contribution in [0, 0.1) is 41.5 Å². The third kappa shape index (κ3) is 3.65. The van der Waals surface area contributed by atoms with Crippen LogP contribution in [0.3, 0.4) is 0 Å². The lowest BCUT2D eigenvalue weighted by Crippen LogP contribution is -2.01. The van der Waals surface area contributed by atoms with Gasteiger partial charge in [0.2, 0.25) is 0 Å². The van der Waals surface area contributed by atoms with E-state index in [0.29, 0.717) is 0 Å². The van der Waals surface area contributed by atoms with Gasteiger partial charge in [-0.2, -0.15) is 0 Å². The number of halogens is 2. The minimum atomic E-state index is 1.08. The number of rotatable bonds is 2. The molecule has 0 saturated carbocycles. The highest BCUT2D eigenvalue weighted by atomic mass is 79.9. The van der Waals surface area contributed by atoms with Crippen LogP contribution in [0.15, 0.2) is 106 Å². The fourth-order valence-electron chi connectivity index (χ4n) is 11.3. The minimum Gasteiger partial charge on any atom is -0.0610 e. The zero-order chi connectivity index (χ0) is 36.6. The second-order valence-electron chi connectivity index (χ2n) is 16.1. The van der Waals surface area contributed by atoms with Crippen molar-refractivity contribution >= 4 is 129 Å². The van der Waals surface area contributed by atoms with Crippen molar-refractivity contribution in [3.8, 4) is 22.3 Å². The molecular formula is C52H34Br2. The molecular weight excluding hydrogens is 784 g/mol. The molecule has 0 aliphatic rings. The van der Waals surface area contributed by atoms with Crippen molar-refractivity contribution in [2.75, 3.05) is 0 Å². The molecule has 0 saturated heterocycles. The molecule has 0 aliphatic heterocycles. The molecule has 0 aromatic heterocycles. The predicted molar refractivity (Wildman–Crippen MR) is 243 cm³/mol. The average molecular weight is 819 g/mol. The summed E-state index contributed by atoms with van der Waals surface area (Å²) >= 11 is 7.80. The smallest absolute Gasteiger partial charge is 0.0324 e. The van der Waals surface area contributed by atoms with Gasteiger partial charge in [-0.25, -0.2) is 0 Å². The van der Waals surface area contributed by atoms with E-state index in [0.717, 1.165) is 8.95 Å². The van der Waals surface area contributed by atoms with Gasteiger partial charge >= 0.3 is 0 Å². The Balaban J connectivity index is 1.48. The van der Waals surface area contributed by atoms with Crippen molar-refractivity contribution in [2.45, 2.75) is 41.5 Å². The molecule has 0 N–H and O–H groups in total. The minimum absolute atomic E-state index is 1.08. The SMILES string of the molecule is Cc1cc(C)c(-c2c3cccc4c5cccc6c(-c7c(C)cc(C)cc7C)c7ccc8c9cc(Br)c(Br)cc9c9ccc2c2c9c8c7c(c65)c2c34)c(C)c1. The maximum absolute atomic E-state index is 3.90. The number of aryl methyl sites for hydroxylation is 6. The maximum atomic E-state index is 3.90. The van der Waals surface area contributed by atoms with Gasteiger partial charge in [0.1, 0.15) is 0 Å². The Labute approximate surface area is 330 Å². The van der Waals surface area contributed by atoms with Gasteiger partial charge in [-0.05, 0) is 227 Å². The number of hydrogen-bond donors (Lipinski definition) is 0. The van der Waals surface area contributed by atoms with Crippen LogP contribution in [0.25, 0.3) is 119 Å². The first-order valence-electron chi connectivity index (χ1n) is 18.9. The highest BCUT2D eigenvalue weighted by Gasteiger charge is 2.30. The Hall–Kier alpha value is -5.02. The first-order valence-corrected chi connectivity index (χ1v) is 20.5. The molecule has 0 aliphatic carbocycles. The molecule has 54 heavy (non-hydrogen) atoms. The number of hydrogen-bond acceptors (Lipinski definition) is 0. The topological polar surface area (TPSA) is 0 Å². The Kier molecular flexibility index (Phi) is 6.03. The van der Waals surface area contributed by atoms with Crippen LogP contribution in [0.5, 0.6) is 0 Å². The van der Waals surface area contributed by atoms with E-state index in [-0.39, 0.29) is 0 Å². The summed E-state index contributed by atoms with van der Waals surface area (Å²) in [5.41, 5.74) is 13.4. The lowest BCUT2D eigenvalue weighted by molar-refractivity contribution is 1.33. The molecule has 12 rings (SSSR count). The molecule has 0 nitrogen and oxygen atoms in total. The third-order valence-corrected chi connectivity index (χ3v) is 14.7. The molecule has 12 aromatic carbocycles. The van der Waals surface area contributed by atoms with Crippen LogP contribution in [0.1, 0.15) is 33.4 Å². The molecule has 0 amide bonds. The molecule has 0 bridgehead atoms. The summed E-state index contributed by atoms with van der Waals surface area (Å²) in [7, 11) is 0. The molecule has 0 heterocycles. The van der Waals surface area contributed by atoms with E-state index in [1.165, 1.54) is 153 Å². The predicted octanol–water partition coefficient (Wildman–Crippen LogP) is 16.5. The molecule has 2 heteroatoms. The number of benzene rings is 12. The van der Waals surface area contributed by atoms with Crippen LogP contribution in [0.2, 0.25) is 0 Å². The highest BCUT2D eigenvalue weighted by molar-refractivity contribution is 9.13. The van der Waals surface area contributed by atoms with Gasteiger partial charge in [0.05, 0.1) is 0 Å². The van der Waals surface area contributed by atoms with Gasteiger partial charge in [-0.1, -0.05) is 96.1 Å². The fourth-order valence-corrected chi connectivity index (χ4v) is 12.0. The Morgan fingerprint density at radius 1 is 0.278 bits per heavy atom. The van der Waals surface area contributed by atoms with E-state index < -0.39 is 0 Å². The molecule has 256 valence electrons. The maximum Gasteiger partial charge on any atom is 0.0324 e. The molecule has 12 aromatic rings. The van der Waals surface area contributed by atoms with E-state index in [1.54, 1.807) is 0 Å². The number of fused-ring (bicyclic) bond motifs is 4. The zero-order valence-corrected chi connectivity index (χ0v) is 34.2. The summed E-state index contributed by atoms with van der Waals surface area (Å²) in [5, 5.41) is 24.5. The molecule has 0 radical (unpaired) electrons. The van der Waals surface area contributed by atoms with Crippen molar-refractivity contribution in [3.63, 3.8) is 0 Å². The molecule has 0 fully saturated rings. The van der Waals surface area contributed by atoms with Crippen LogP contribution in [-0.4, -0.2) is 0 Å². The third-order valence-electron chi connectivity index (χ3n) is 12.9. The molecule has 0 atom stereocenters. The second-order valence-corrected chi connectivity index (χ2v) is 17.8. The lowest BCUT2D eigenvalue weighted by Gasteiger charge is -2.29. The average Bonchev–Trinajstić information content (AvgIpc) is 3.14. The second kappa shape index (κ2) is 10.4. The summed E-state index contributed by atoms with van der Waals surface area (Å²) in [6, 6.07) is 38.0. The molecule has 0 spiro atoms. The van der Waals surface area contributed by atoms with Crippen molar-refractivity contribution < 1.29 is 0 Å².